The molecule has 0 saturated heterocycles. The molecule has 0 atom stereocenters. The first kappa shape index (κ1) is 24.7. The summed E-state index contributed by atoms with van der Waals surface area (Å²) in [6.07, 6.45) is 7.68. The summed E-state index contributed by atoms with van der Waals surface area (Å²) in [5.74, 6) is 1.11. The van der Waals surface area contributed by atoms with Gasteiger partial charge in [-0.1, -0.05) is 43.2 Å². The van der Waals surface area contributed by atoms with Crippen molar-refractivity contribution in [3.8, 4) is 11.8 Å². The summed E-state index contributed by atoms with van der Waals surface area (Å²) in [6.45, 7) is 8.11. The molecule has 9 heteroatoms. The minimum absolute atomic E-state index is 0.0945. The Bertz CT molecular complexity index is 1280. The molecule has 0 spiro atoms. The standard InChI is InChI=1S/C26H29FN6OS/c1-4-13-32-24(19-9-6-5-7-10-19)30-31-26(32)35-16-23(34)29-25-22(15-28)17(2)18(3)33(25)21-12-8-11-20(27)14-21/h4,8,11-12,14,19H,1,5-7,9-10,13,16H2,2-3H3,(H,29,34). The minimum Gasteiger partial charge on any atom is -0.310 e. The number of allylic oxidation sites excluding steroid dienone is 1. The summed E-state index contributed by atoms with van der Waals surface area (Å²) in [4.78, 5) is 13.0. The Hall–Kier alpha value is -3.38. The predicted molar refractivity (Wildman–Crippen MR) is 135 cm³/mol. The molecule has 1 N–H and O–H groups in total. The highest BCUT2D eigenvalue weighted by Crippen LogP contribution is 2.34. The number of carbonyl (C=O) groups is 1. The molecule has 1 amide bonds. The van der Waals surface area contributed by atoms with Crippen molar-refractivity contribution in [1.29, 1.82) is 5.26 Å². The fourth-order valence-corrected chi connectivity index (χ4v) is 5.42. The number of amides is 1. The van der Waals surface area contributed by atoms with Crippen LogP contribution in [0.2, 0.25) is 0 Å². The molecule has 0 aliphatic heterocycles. The van der Waals surface area contributed by atoms with E-state index in [4.69, 9.17) is 0 Å². The van der Waals surface area contributed by atoms with E-state index in [0.29, 0.717) is 34.7 Å². The Morgan fingerprint density at radius 2 is 2.09 bits per heavy atom. The average molecular weight is 493 g/mol. The third-order valence-electron chi connectivity index (χ3n) is 6.51. The molecule has 0 bridgehead atoms. The Morgan fingerprint density at radius 3 is 2.77 bits per heavy atom. The van der Waals surface area contributed by atoms with Crippen molar-refractivity contribution in [2.24, 2.45) is 0 Å². The van der Waals surface area contributed by atoms with Crippen molar-refractivity contribution in [1.82, 2.24) is 19.3 Å². The molecule has 1 fully saturated rings. The topological polar surface area (TPSA) is 88.5 Å². The van der Waals surface area contributed by atoms with Crippen LogP contribution in [-0.4, -0.2) is 31.0 Å². The monoisotopic (exact) mass is 492 g/mol. The van der Waals surface area contributed by atoms with Gasteiger partial charge in [-0.15, -0.1) is 16.8 Å². The summed E-state index contributed by atoms with van der Waals surface area (Å²) in [7, 11) is 0. The van der Waals surface area contributed by atoms with Crippen molar-refractivity contribution in [2.75, 3.05) is 11.1 Å². The van der Waals surface area contributed by atoms with Gasteiger partial charge in [0.1, 0.15) is 23.5 Å². The second kappa shape index (κ2) is 10.9. The first-order valence-corrected chi connectivity index (χ1v) is 12.8. The number of aromatic nitrogens is 4. The van der Waals surface area contributed by atoms with Gasteiger partial charge in [-0.05, 0) is 50.5 Å². The van der Waals surface area contributed by atoms with E-state index < -0.39 is 5.82 Å². The second-order valence-electron chi connectivity index (χ2n) is 8.77. The lowest BCUT2D eigenvalue weighted by molar-refractivity contribution is -0.113. The highest BCUT2D eigenvalue weighted by Gasteiger charge is 2.24. The van der Waals surface area contributed by atoms with Gasteiger partial charge >= 0.3 is 0 Å². The third kappa shape index (κ3) is 5.17. The Balaban J connectivity index is 1.55. The Kier molecular flexibility index (Phi) is 7.71. The molecular weight excluding hydrogens is 463 g/mol. The van der Waals surface area contributed by atoms with Gasteiger partial charge in [0, 0.05) is 18.2 Å². The Morgan fingerprint density at radius 1 is 1.31 bits per heavy atom. The number of hydrogen-bond acceptors (Lipinski definition) is 5. The highest BCUT2D eigenvalue weighted by atomic mass is 32.2. The van der Waals surface area contributed by atoms with Crippen LogP contribution in [0.5, 0.6) is 0 Å². The molecule has 1 aromatic carbocycles. The number of rotatable bonds is 8. The van der Waals surface area contributed by atoms with Crippen LogP contribution >= 0.6 is 11.8 Å². The van der Waals surface area contributed by atoms with E-state index in [1.807, 2.05) is 24.5 Å². The van der Waals surface area contributed by atoms with E-state index in [2.05, 4.69) is 28.2 Å². The number of hydrogen-bond donors (Lipinski definition) is 1. The molecule has 3 aromatic rings. The smallest absolute Gasteiger partial charge is 0.236 e. The van der Waals surface area contributed by atoms with Gasteiger partial charge in [0.2, 0.25) is 5.91 Å². The van der Waals surface area contributed by atoms with Crippen LogP contribution in [0.25, 0.3) is 5.69 Å². The molecule has 7 nitrogen and oxygen atoms in total. The van der Waals surface area contributed by atoms with Crippen LogP contribution in [0.15, 0.2) is 42.1 Å². The van der Waals surface area contributed by atoms with Crippen LogP contribution in [0, 0.1) is 31.0 Å². The first-order valence-electron chi connectivity index (χ1n) is 11.8. The van der Waals surface area contributed by atoms with Gasteiger partial charge in [0.15, 0.2) is 5.16 Å². The van der Waals surface area contributed by atoms with E-state index in [1.54, 1.807) is 16.7 Å². The molecule has 1 aliphatic rings. The van der Waals surface area contributed by atoms with Crippen molar-refractivity contribution in [3.05, 3.63) is 65.4 Å². The number of carbonyl (C=O) groups excluding carboxylic acids is 1. The molecule has 2 aromatic heterocycles. The summed E-state index contributed by atoms with van der Waals surface area (Å²) in [5, 5.41) is 22.1. The van der Waals surface area contributed by atoms with E-state index in [9.17, 15) is 14.4 Å². The maximum absolute atomic E-state index is 13.9. The van der Waals surface area contributed by atoms with E-state index in [1.165, 1.54) is 43.2 Å². The van der Waals surface area contributed by atoms with Crippen LogP contribution in [0.3, 0.4) is 0 Å². The first-order chi connectivity index (χ1) is 16.9. The lowest BCUT2D eigenvalue weighted by atomic mass is 9.89. The number of nitriles is 1. The van der Waals surface area contributed by atoms with Gasteiger partial charge in [0.25, 0.3) is 0 Å². The number of nitrogens with one attached hydrogen (secondary N) is 1. The number of benzene rings is 1. The highest BCUT2D eigenvalue weighted by molar-refractivity contribution is 7.99. The maximum Gasteiger partial charge on any atom is 0.236 e. The lowest BCUT2D eigenvalue weighted by Crippen LogP contribution is -2.18. The molecule has 0 radical (unpaired) electrons. The summed E-state index contributed by atoms with van der Waals surface area (Å²) < 4.78 is 17.7. The zero-order valence-corrected chi connectivity index (χ0v) is 20.9. The summed E-state index contributed by atoms with van der Waals surface area (Å²) in [5.41, 5.74) is 2.40. The minimum atomic E-state index is -0.394. The quantitative estimate of drug-likeness (QED) is 0.324. The van der Waals surface area contributed by atoms with Crippen molar-refractivity contribution in [2.45, 2.75) is 63.6 Å². The van der Waals surface area contributed by atoms with Crippen molar-refractivity contribution in [3.63, 3.8) is 0 Å². The molecule has 1 saturated carbocycles. The van der Waals surface area contributed by atoms with Crippen LogP contribution in [-0.2, 0) is 11.3 Å². The van der Waals surface area contributed by atoms with E-state index in [0.717, 1.165) is 29.9 Å². The molecule has 1 aliphatic carbocycles. The molecule has 182 valence electrons. The third-order valence-corrected chi connectivity index (χ3v) is 7.48. The van der Waals surface area contributed by atoms with Crippen molar-refractivity contribution < 1.29 is 9.18 Å². The van der Waals surface area contributed by atoms with Gasteiger partial charge in [-0.3, -0.25) is 9.36 Å². The van der Waals surface area contributed by atoms with Crippen LogP contribution in [0.1, 0.15) is 60.7 Å². The fourth-order valence-electron chi connectivity index (χ4n) is 4.67. The van der Waals surface area contributed by atoms with Gasteiger partial charge < -0.3 is 9.88 Å². The predicted octanol–water partition coefficient (Wildman–Crippen LogP) is 5.66. The fraction of sp³-hybridized carbons (Fsp3) is 0.385. The average Bonchev–Trinajstić information content (AvgIpc) is 3.36. The summed E-state index contributed by atoms with van der Waals surface area (Å²) in [6, 6.07) is 8.26. The molecule has 0 unspecified atom stereocenters. The van der Waals surface area contributed by atoms with Crippen molar-refractivity contribution >= 4 is 23.5 Å². The van der Waals surface area contributed by atoms with Crippen LogP contribution in [0.4, 0.5) is 10.2 Å². The molecule has 4 rings (SSSR count). The van der Waals surface area contributed by atoms with Gasteiger partial charge in [-0.2, -0.15) is 5.26 Å². The van der Waals surface area contributed by atoms with Gasteiger partial charge in [0.05, 0.1) is 17.0 Å². The normalized spacial score (nSPS) is 14.0. The Labute approximate surface area is 209 Å². The number of halogens is 1. The lowest BCUT2D eigenvalue weighted by Gasteiger charge is -2.21. The van der Waals surface area contributed by atoms with Crippen LogP contribution < -0.4 is 5.32 Å². The number of thioether (sulfide) groups is 1. The zero-order valence-electron chi connectivity index (χ0n) is 20.1. The molecule has 35 heavy (non-hydrogen) atoms. The largest absolute Gasteiger partial charge is 0.310 e. The van der Waals surface area contributed by atoms with E-state index in [-0.39, 0.29) is 11.7 Å². The maximum atomic E-state index is 13.9. The second-order valence-corrected chi connectivity index (χ2v) is 9.72. The zero-order chi connectivity index (χ0) is 24.9. The number of nitrogens with zero attached hydrogens (tertiary/aromatic N) is 5. The van der Waals surface area contributed by atoms with E-state index >= 15 is 0 Å². The summed E-state index contributed by atoms with van der Waals surface area (Å²) >= 11 is 1.31. The SMILES string of the molecule is C=CCn1c(SCC(=O)Nc2c(C#N)c(C)c(C)n2-c2cccc(F)c2)nnc1C1CCCCC1. The van der Waals surface area contributed by atoms with Gasteiger partial charge in [-0.25, -0.2) is 4.39 Å². The molecule has 2 heterocycles. The molecular formula is C26H29FN6OS. The number of anilines is 1.